The molecule has 2 aromatic carbocycles. The second-order valence-corrected chi connectivity index (χ2v) is 8.23. The highest BCUT2D eigenvalue weighted by Gasteiger charge is 2.28. The molecular formula is C22H25O3P. The Kier molecular flexibility index (Phi) is 6.13. The third-order valence-electron chi connectivity index (χ3n) is 4.28. The van der Waals surface area contributed by atoms with Crippen molar-refractivity contribution in [2.75, 3.05) is 6.61 Å². The zero-order valence-electron chi connectivity index (χ0n) is 15.4. The van der Waals surface area contributed by atoms with Crippen LogP contribution >= 0.6 is 7.60 Å². The Morgan fingerprint density at radius 1 is 1.00 bits per heavy atom. The molecule has 1 heterocycles. The molecule has 1 unspecified atom stereocenters. The fraction of sp³-hybridized carbons (Fsp3) is 0.273. The fourth-order valence-electron chi connectivity index (χ4n) is 2.97. The minimum Gasteiger partial charge on any atom is -0.426 e. The summed E-state index contributed by atoms with van der Waals surface area (Å²) >= 11 is 0. The van der Waals surface area contributed by atoms with E-state index in [2.05, 4.69) is 31.2 Å². The first-order valence-corrected chi connectivity index (χ1v) is 10.7. The van der Waals surface area contributed by atoms with Crippen molar-refractivity contribution in [1.82, 2.24) is 0 Å². The molecule has 0 spiro atoms. The third kappa shape index (κ3) is 4.97. The molecule has 3 nitrogen and oxygen atoms in total. The van der Waals surface area contributed by atoms with E-state index in [-0.39, 0.29) is 0 Å². The number of benzene rings is 2. The minimum atomic E-state index is -3.25. The van der Waals surface area contributed by atoms with Crippen molar-refractivity contribution >= 4 is 13.2 Å². The van der Waals surface area contributed by atoms with Crippen molar-refractivity contribution in [2.45, 2.75) is 33.1 Å². The van der Waals surface area contributed by atoms with Crippen LogP contribution in [0.1, 0.15) is 36.5 Å². The number of hydrogen-bond acceptors (Lipinski definition) is 3. The number of allylic oxidation sites excluding steroid dienone is 3. The lowest BCUT2D eigenvalue weighted by Crippen LogP contribution is -2.01. The molecule has 0 saturated carbocycles. The van der Waals surface area contributed by atoms with Crippen molar-refractivity contribution in [1.29, 1.82) is 0 Å². The molecule has 0 aromatic heterocycles. The highest BCUT2D eigenvalue weighted by Crippen LogP contribution is 2.56. The maximum atomic E-state index is 13.0. The van der Waals surface area contributed by atoms with Crippen LogP contribution in [0.4, 0.5) is 0 Å². The highest BCUT2D eigenvalue weighted by molar-refractivity contribution is 7.57. The summed E-state index contributed by atoms with van der Waals surface area (Å²) in [6.45, 7) is 4.24. The van der Waals surface area contributed by atoms with Crippen LogP contribution in [0.15, 0.2) is 72.2 Å². The summed E-state index contributed by atoms with van der Waals surface area (Å²) in [6, 6.07) is 18.6. The lowest BCUT2D eigenvalue weighted by molar-refractivity contribution is 0.252. The van der Waals surface area contributed by atoms with E-state index in [1.54, 1.807) is 5.82 Å². The second-order valence-electron chi connectivity index (χ2n) is 6.45. The van der Waals surface area contributed by atoms with Gasteiger partial charge in [0.25, 0.3) is 0 Å². The number of aryl methyl sites for hydroxylation is 2. The Bertz CT molecular complexity index is 835. The predicted molar refractivity (Wildman–Crippen MR) is 107 cm³/mol. The molecule has 3 rings (SSSR count). The first kappa shape index (κ1) is 18.7. The van der Waals surface area contributed by atoms with E-state index in [0.29, 0.717) is 6.61 Å². The molecule has 0 amide bonds. The topological polar surface area (TPSA) is 35.5 Å². The van der Waals surface area contributed by atoms with E-state index in [1.807, 2.05) is 43.3 Å². The summed E-state index contributed by atoms with van der Waals surface area (Å²) in [5.74, 6) is 2.37. The van der Waals surface area contributed by atoms with Gasteiger partial charge in [-0.2, -0.15) is 0 Å². The Morgan fingerprint density at radius 3 is 2.42 bits per heavy atom. The van der Waals surface area contributed by atoms with E-state index in [0.717, 1.165) is 36.2 Å². The average molecular weight is 368 g/mol. The van der Waals surface area contributed by atoms with Crippen molar-refractivity contribution in [3.8, 4) is 0 Å². The van der Waals surface area contributed by atoms with Crippen LogP contribution in [-0.2, 0) is 20.0 Å². The van der Waals surface area contributed by atoms with Gasteiger partial charge in [-0.3, -0.25) is 4.52 Å². The first-order valence-electron chi connectivity index (χ1n) is 9.06. The van der Waals surface area contributed by atoms with Crippen molar-refractivity contribution in [3.63, 3.8) is 0 Å². The van der Waals surface area contributed by atoms with E-state index in [4.69, 9.17) is 9.05 Å². The molecule has 2 aromatic rings. The molecule has 1 aliphatic rings. The Morgan fingerprint density at radius 2 is 1.73 bits per heavy atom. The summed E-state index contributed by atoms with van der Waals surface area (Å²) in [6.07, 6.45) is 4.62. The van der Waals surface area contributed by atoms with Gasteiger partial charge < -0.3 is 4.52 Å². The van der Waals surface area contributed by atoms with Gasteiger partial charge in [0.1, 0.15) is 5.76 Å². The summed E-state index contributed by atoms with van der Waals surface area (Å²) in [7, 11) is -3.25. The molecular weight excluding hydrogens is 343 g/mol. The van der Waals surface area contributed by atoms with Crippen LogP contribution in [0.2, 0.25) is 0 Å². The molecule has 0 N–H and O–H groups in total. The molecule has 1 aliphatic heterocycles. The maximum Gasteiger partial charge on any atom is 0.403 e. The van der Waals surface area contributed by atoms with Crippen molar-refractivity contribution in [2.24, 2.45) is 0 Å². The fourth-order valence-corrected chi connectivity index (χ4v) is 4.55. The van der Waals surface area contributed by atoms with E-state index in [9.17, 15) is 4.57 Å². The maximum absolute atomic E-state index is 13.0. The minimum absolute atomic E-state index is 0.353. The SMILES string of the molecule is CCOP1(=O)C=C(c2ccc(C)cc2)C=C(CCCc2ccccc2)O1. The van der Waals surface area contributed by atoms with Crippen LogP contribution < -0.4 is 0 Å². The Balaban J connectivity index is 1.76. The number of rotatable bonds is 7. The van der Waals surface area contributed by atoms with Gasteiger partial charge in [0, 0.05) is 12.2 Å². The largest absolute Gasteiger partial charge is 0.426 e. The monoisotopic (exact) mass is 368 g/mol. The van der Waals surface area contributed by atoms with Gasteiger partial charge >= 0.3 is 7.60 Å². The zero-order chi connectivity index (χ0) is 18.4. The molecule has 0 aliphatic carbocycles. The summed E-state index contributed by atoms with van der Waals surface area (Å²) in [5.41, 5.74) is 4.43. The molecule has 136 valence electrons. The van der Waals surface area contributed by atoms with Gasteiger partial charge in [-0.25, -0.2) is 4.57 Å². The van der Waals surface area contributed by atoms with Gasteiger partial charge in [-0.05, 0) is 49.5 Å². The molecule has 0 fully saturated rings. The van der Waals surface area contributed by atoms with Crippen LogP contribution in [0, 0.1) is 6.92 Å². The Hall–Kier alpha value is -2.09. The quantitative estimate of drug-likeness (QED) is 0.523. The summed E-state index contributed by atoms with van der Waals surface area (Å²) < 4.78 is 24.2. The first-order chi connectivity index (χ1) is 12.6. The predicted octanol–water partition coefficient (Wildman–Crippen LogP) is 6.50. The molecule has 0 radical (unpaired) electrons. The smallest absolute Gasteiger partial charge is 0.403 e. The van der Waals surface area contributed by atoms with Crippen molar-refractivity contribution < 1.29 is 13.6 Å². The lowest BCUT2D eigenvalue weighted by Gasteiger charge is -2.23. The molecule has 0 saturated heterocycles. The third-order valence-corrected chi connectivity index (χ3v) is 5.99. The average Bonchev–Trinajstić information content (AvgIpc) is 2.63. The summed E-state index contributed by atoms with van der Waals surface area (Å²) in [5, 5.41) is 0. The van der Waals surface area contributed by atoms with E-state index in [1.165, 1.54) is 11.1 Å². The summed E-state index contributed by atoms with van der Waals surface area (Å²) in [4.78, 5) is 0. The zero-order valence-corrected chi connectivity index (χ0v) is 16.2. The normalized spacial score (nSPS) is 19.5. The molecule has 26 heavy (non-hydrogen) atoms. The lowest BCUT2D eigenvalue weighted by atomic mass is 10.0. The van der Waals surface area contributed by atoms with Crippen LogP contribution in [0.5, 0.6) is 0 Å². The van der Waals surface area contributed by atoms with Gasteiger partial charge in [-0.15, -0.1) is 0 Å². The van der Waals surface area contributed by atoms with Crippen LogP contribution in [-0.4, -0.2) is 6.61 Å². The van der Waals surface area contributed by atoms with Gasteiger partial charge in [0.15, 0.2) is 0 Å². The van der Waals surface area contributed by atoms with E-state index >= 15 is 0 Å². The number of hydrogen-bond donors (Lipinski definition) is 0. The van der Waals surface area contributed by atoms with E-state index < -0.39 is 7.60 Å². The van der Waals surface area contributed by atoms with Gasteiger partial charge in [0.05, 0.1) is 6.61 Å². The van der Waals surface area contributed by atoms with Gasteiger partial charge in [-0.1, -0.05) is 60.2 Å². The van der Waals surface area contributed by atoms with Crippen molar-refractivity contribution in [3.05, 3.63) is 88.9 Å². The Labute approximate surface area is 155 Å². The van der Waals surface area contributed by atoms with Gasteiger partial charge in [0.2, 0.25) is 0 Å². The highest BCUT2D eigenvalue weighted by atomic mass is 31.2. The van der Waals surface area contributed by atoms with Crippen LogP contribution in [0.3, 0.4) is 0 Å². The molecule has 0 bridgehead atoms. The second kappa shape index (κ2) is 8.53. The molecule has 1 atom stereocenters. The van der Waals surface area contributed by atoms with Crippen LogP contribution in [0.25, 0.3) is 5.57 Å². The standard InChI is InChI=1S/C22H25O3P/c1-3-24-26(23)17-21(20-14-12-18(2)13-15-20)16-22(25-26)11-7-10-19-8-5-4-6-9-19/h4-6,8-9,12-17H,3,7,10-11H2,1-2H3. The molecule has 4 heteroatoms.